The summed E-state index contributed by atoms with van der Waals surface area (Å²) >= 11 is 7.81. The normalized spacial score (nSPS) is 15.7. The van der Waals surface area contributed by atoms with Crippen LogP contribution in [0.5, 0.6) is 0 Å². The van der Waals surface area contributed by atoms with Crippen molar-refractivity contribution in [3.63, 3.8) is 0 Å². The SMILES string of the molecule is CN=C(NCc1ncc(C)s1)N1CCN(c2cccc(Cl)c2)CC1. The Labute approximate surface area is 152 Å². The lowest BCUT2D eigenvalue weighted by molar-refractivity contribution is 0.372. The third kappa shape index (κ3) is 4.19. The van der Waals surface area contributed by atoms with Gasteiger partial charge in [-0.05, 0) is 25.1 Å². The van der Waals surface area contributed by atoms with Crippen molar-refractivity contribution in [1.29, 1.82) is 0 Å². The Kier molecular flexibility index (Phi) is 5.58. The molecule has 0 amide bonds. The molecule has 0 bridgehead atoms. The first-order valence-electron chi connectivity index (χ1n) is 8.03. The smallest absolute Gasteiger partial charge is 0.194 e. The number of guanidine groups is 1. The van der Waals surface area contributed by atoms with Crippen molar-refractivity contribution in [1.82, 2.24) is 15.2 Å². The van der Waals surface area contributed by atoms with E-state index in [1.54, 1.807) is 11.3 Å². The fraction of sp³-hybridized carbons (Fsp3) is 0.412. The maximum Gasteiger partial charge on any atom is 0.194 e. The number of piperazine rings is 1. The van der Waals surface area contributed by atoms with E-state index in [0.717, 1.165) is 48.7 Å². The molecule has 7 heteroatoms. The van der Waals surface area contributed by atoms with E-state index in [2.05, 4.69) is 38.1 Å². The predicted molar refractivity (Wildman–Crippen MR) is 102 cm³/mol. The first-order chi connectivity index (χ1) is 11.7. The summed E-state index contributed by atoms with van der Waals surface area (Å²) in [6.45, 7) is 6.58. The van der Waals surface area contributed by atoms with Crippen LogP contribution in [0.1, 0.15) is 9.88 Å². The van der Waals surface area contributed by atoms with Gasteiger partial charge in [0.1, 0.15) is 5.01 Å². The van der Waals surface area contributed by atoms with Crippen LogP contribution in [-0.2, 0) is 6.54 Å². The van der Waals surface area contributed by atoms with Crippen LogP contribution in [0.4, 0.5) is 5.69 Å². The second kappa shape index (κ2) is 7.85. The molecule has 0 saturated carbocycles. The summed E-state index contributed by atoms with van der Waals surface area (Å²) in [5.74, 6) is 0.939. The Hall–Kier alpha value is -1.79. The Morgan fingerprint density at radius 3 is 2.75 bits per heavy atom. The molecule has 1 saturated heterocycles. The molecule has 1 aliphatic rings. The highest BCUT2D eigenvalue weighted by atomic mass is 35.5. The van der Waals surface area contributed by atoms with Gasteiger partial charge in [-0.3, -0.25) is 4.99 Å². The van der Waals surface area contributed by atoms with Crippen LogP contribution in [0.2, 0.25) is 5.02 Å². The maximum atomic E-state index is 6.10. The van der Waals surface area contributed by atoms with Crippen LogP contribution in [0.25, 0.3) is 0 Å². The molecule has 2 aromatic rings. The molecule has 1 fully saturated rings. The second-order valence-corrected chi connectivity index (χ2v) is 7.48. The van der Waals surface area contributed by atoms with Crippen molar-refractivity contribution in [2.24, 2.45) is 4.99 Å². The molecule has 1 N–H and O–H groups in total. The molecule has 2 heterocycles. The topological polar surface area (TPSA) is 43.8 Å². The fourth-order valence-electron chi connectivity index (χ4n) is 2.82. The second-order valence-electron chi connectivity index (χ2n) is 5.72. The molecular weight excluding hydrogens is 342 g/mol. The van der Waals surface area contributed by atoms with Gasteiger partial charge in [0.15, 0.2) is 5.96 Å². The highest BCUT2D eigenvalue weighted by molar-refractivity contribution is 7.11. The molecule has 0 atom stereocenters. The molecule has 0 spiro atoms. The number of benzene rings is 1. The van der Waals surface area contributed by atoms with E-state index in [0.29, 0.717) is 0 Å². The van der Waals surface area contributed by atoms with Crippen molar-refractivity contribution >= 4 is 34.6 Å². The van der Waals surface area contributed by atoms with Crippen molar-refractivity contribution in [3.8, 4) is 0 Å². The summed E-state index contributed by atoms with van der Waals surface area (Å²) < 4.78 is 0. The number of hydrogen-bond acceptors (Lipinski definition) is 4. The van der Waals surface area contributed by atoms with Gasteiger partial charge in [0.25, 0.3) is 0 Å². The van der Waals surface area contributed by atoms with Crippen LogP contribution in [0.15, 0.2) is 35.5 Å². The van der Waals surface area contributed by atoms with E-state index >= 15 is 0 Å². The van der Waals surface area contributed by atoms with Crippen LogP contribution >= 0.6 is 22.9 Å². The molecule has 128 valence electrons. The number of hydrogen-bond donors (Lipinski definition) is 1. The summed E-state index contributed by atoms with van der Waals surface area (Å²) in [6, 6.07) is 8.04. The fourth-order valence-corrected chi connectivity index (χ4v) is 3.73. The number of aromatic nitrogens is 1. The molecule has 0 unspecified atom stereocenters. The van der Waals surface area contributed by atoms with Crippen LogP contribution in [0.3, 0.4) is 0 Å². The molecule has 24 heavy (non-hydrogen) atoms. The van der Waals surface area contributed by atoms with E-state index < -0.39 is 0 Å². The van der Waals surface area contributed by atoms with E-state index in [-0.39, 0.29) is 0 Å². The lowest BCUT2D eigenvalue weighted by Crippen LogP contribution is -2.52. The predicted octanol–water partition coefficient (Wildman–Crippen LogP) is 3.00. The summed E-state index contributed by atoms with van der Waals surface area (Å²) in [5, 5.41) is 5.29. The van der Waals surface area contributed by atoms with Crippen molar-refractivity contribution in [3.05, 3.63) is 45.4 Å². The minimum atomic E-state index is 0.722. The number of nitrogens with one attached hydrogen (secondary N) is 1. The monoisotopic (exact) mass is 363 g/mol. The van der Waals surface area contributed by atoms with E-state index in [1.807, 2.05) is 31.4 Å². The zero-order valence-corrected chi connectivity index (χ0v) is 15.6. The van der Waals surface area contributed by atoms with E-state index in [1.165, 1.54) is 10.6 Å². The third-order valence-electron chi connectivity index (χ3n) is 4.03. The summed E-state index contributed by atoms with van der Waals surface area (Å²) in [5.41, 5.74) is 1.18. The molecule has 1 aromatic carbocycles. The minimum Gasteiger partial charge on any atom is -0.368 e. The number of thiazole rings is 1. The Morgan fingerprint density at radius 1 is 1.33 bits per heavy atom. The highest BCUT2D eigenvalue weighted by Crippen LogP contribution is 2.20. The largest absolute Gasteiger partial charge is 0.368 e. The zero-order chi connectivity index (χ0) is 16.9. The molecular formula is C17H22ClN5S. The van der Waals surface area contributed by atoms with Gasteiger partial charge in [0.05, 0.1) is 6.54 Å². The third-order valence-corrected chi connectivity index (χ3v) is 5.18. The standard InChI is InChI=1S/C17H22ClN5S/c1-13-11-20-16(24-13)12-21-17(19-2)23-8-6-22(7-9-23)15-5-3-4-14(18)10-15/h3-5,10-11H,6-9,12H2,1-2H3,(H,19,21). The van der Waals surface area contributed by atoms with Crippen LogP contribution in [0, 0.1) is 6.92 Å². The highest BCUT2D eigenvalue weighted by Gasteiger charge is 2.20. The lowest BCUT2D eigenvalue weighted by atomic mass is 10.2. The molecule has 0 aliphatic carbocycles. The Bertz CT molecular complexity index is 707. The van der Waals surface area contributed by atoms with Gasteiger partial charge in [-0.1, -0.05) is 17.7 Å². The number of rotatable bonds is 3. The average Bonchev–Trinajstić information content (AvgIpc) is 3.01. The van der Waals surface area contributed by atoms with Gasteiger partial charge < -0.3 is 15.1 Å². The molecule has 0 radical (unpaired) electrons. The van der Waals surface area contributed by atoms with Gasteiger partial charge in [0.2, 0.25) is 0 Å². The summed E-state index contributed by atoms with van der Waals surface area (Å²) in [4.78, 5) is 14.7. The number of aliphatic imine (C=N–C) groups is 1. The maximum absolute atomic E-state index is 6.10. The lowest BCUT2D eigenvalue weighted by Gasteiger charge is -2.37. The number of halogens is 1. The summed E-state index contributed by atoms with van der Waals surface area (Å²) in [7, 11) is 1.83. The minimum absolute atomic E-state index is 0.722. The Balaban J connectivity index is 1.54. The van der Waals surface area contributed by atoms with Crippen LogP contribution < -0.4 is 10.2 Å². The van der Waals surface area contributed by atoms with Gasteiger partial charge in [-0.25, -0.2) is 4.98 Å². The van der Waals surface area contributed by atoms with Crippen molar-refractivity contribution < 1.29 is 0 Å². The van der Waals surface area contributed by atoms with Gasteiger partial charge >= 0.3 is 0 Å². The van der Waals surface area contributed by atoms with Gasteiger partial charge in [0, 0.05) is 55.0 Å². The average molecular weight is 364 g/mol. The van der Waals surface area contributed by atoms with Crippen molar-refractivity contribution in [2.45, 2.75) is 13.5 Å². The van der Waals surface area contributed by atoms with Gasteiger partial charge in [-0.15, -0.1) is 11.3 Å². The quantitative estimate of drug-likeness (QED) is 0.672. The van der Waals surface area contributed by atoms with Crippen LogP contribution in [-0.4, -0.2) is 49.1 Å². The molecule has 1 aromatic heterocycles. The Morgan fingerprint density at radius 2 is 2.12 bits per heavy atom. The first kappa shape index (κ1) is 17.0. The van der Waals surface area contributed by atoms with E-state index in [9.17, 15) is 0 Å². The van der Waals surface area contributed by atoms with Gasteiger partial charge in [-0.2, -0.15) is 0 Å². The molecule has 5 nitrogen and oxygen atoms in total. The number of anilines is 1. The molecule has 3 rings (SSSR count). The first-order valence-corrected chi connectivity index (χ1v) is 9.22. The zero-order valence-electron chi connectivity index (χ0n) is 14.0. The number of nitrogens with zero attached hydrogens (tertiary/aromatic N) is 4. The van der Waals surface area contributed by atoms with Crippen molar-refractivity contribution in [2.75, 3.05) is 38.1 Å². The number of aryl methyl sites for hydroxylation is 1. The van der Waals surface area contributed by atoms with E-state index in [4.69, 9.17) is 11.6 Å². The molecule has 1 aliphatic heterocycles. The summed E-state index contributed by atoms with van der Waals surface area (Å²) in [6.07, 6.45) is 1.91.